The molecule has 58 heavy (non-hydrogen) atoms. The van der Waals surface area contributed by atoms with Gasteiger partial charge in [-0.1, -0.05) is 170 Å². The van der Waals surface area contributed by atoms with E-state index in [4.69, 9.17) is 15.0 Å². The first kappa shape index (κ1) is 32.5. The van der Waals surface area contributed by atoms with E-state index in [0.717, 1.165) is 61.1 Å². The second kappa shape index (κ2) is 12.9. The number of pyridine rings is 3. The van der Waals surface area contributed by atoms with Crippen molar-refractivity contribution in [1.82, 2.24) is 15.0 Å². The number of nitrogens with zero attached hydrogens (tertiary/aromatic N) is 3. The molecule has 0 saturated heterocycles. The number of benzene rings is 9. The Morgan fingerprint density at radius 2 is 0.776 bits per heavy atom. The average Bonchev–Trinajstić information content (AvgIpc) is 3.30. The third kappa shape index (κ3) is 5.25. The second-order valence-corrected chi connectivity index (χ2v) is 15.2. The molecule has 3 aromatic heterocycles. The molecule has 0 aliphatic heterocycles. The first-order valence-electron chi connectivity index (χ1n) is 19.8. The SMILES string of the molecule is c1ccc(-c2ccc3ccc4ccc(-c5ccc6c(ccc7cc(-c8ccc(-c9nc%10ccccc%10c%10c9ccc9ccccc9%10)cc8)ccc76)c5)nc4c3n2)cc1. The average molecular weight is 736 g/mol. The smallest absolute Gasteiger partial charge is 0.0972 e. The van der Waals surface area contributed by atoms with Gasteiger partial charge in [0.05, 0.1) is 33.6 Å². The van der Waals surface area contributed by atoms with Gasteiger partial charge < -0.3 is 0 Å². The Morgan fingerprint density at radius 1 is 0.259 bits per heavy atom. The van der Waals surface area contributed by atoms with Gasteiger partial charge in [-0.2, -0.15) is 0 Å². The molecule has 9 aromatic carbocycles. The van der Waals surface area contributed by atoms with E-state index in [9.17, 15) is 0 Å². The summed E-state index contributed by atoms with van der Waals surface area (Å²) in [5, 5.41) is 13.1. The van der Waals surface area contributed by atoms with Crippen LogP contribution in [0.5, 0.6) is 0 Å². The van der Waals surface area contributed by atoms with Crippen LogP contribution < -0.4 is 0 Å². The second-order valence-electron chi connectivity index (χ2n) is 15.2. The lowest BCUT2D eigenvalue weighted by Gasteiger charge is -2.13. The van der Waals surface area contributed by atoms with Gasteiger partial charge in [-0.3, -0.25) is 0 Å². The van der Waals surface area contributed by atoms with Crippen molar-refractivity contribution in [2.45, 2.75) is 0 Å². The quantitative estimate of drug-likeness (QED) is 0.169. The molecule has 0 bridgehead atoms. The fourth-order valence-corrected chi connectivity index (χ4v) is 8.87. The lowest BCUT2D eigenvalue weighted by atomic mass is 9.93. The summed E-state index contributed by atoms with van der Waals surface area (Å²) in [6.07, 6.45) is 0. The third-order valence-electron chi connectivity index (χ3n) is 11.8. The van der Waals surface area contributed by atoms with Gasteiger partial charge in [0.15, 0.2) is 0 Å². The summed E-state index contributed by atoms with van der Waals surface area (Å²) in [5.41, 5.74) is 11.4. The van der Waals surface area contributed by atoms with Gasteiger partial charge >= 0.3 is 0 Å². The number of fused-ring (bicyclic) bond motifs is 11. The van der Waals surface area contributed by atoms with Gasteiger partial charge in [-0.15, -0.1) is 0 Å². The van der Waals surface area contributed by atoms with E-state index in [2.05, 4.69) is 194 Å². The van der Waals surface area contributed by atoms with Crippen LogP contribution in [0.25, 0.3) is 121 Å². The first-order chi connectivity index (χ1) is 28.7. The maximum Gasteiger partial charge on any atom is 0.0972 e. The molecule has 3 nitrogen and oxygen atoms in total. The Bertz CT molecular complexity index is 3590. The maximum atomic E-state index is 5.22. The number of para-hydroxylation sites is 1. The topological polar surface area (TPSA) is 38.7 Å². The minimum absolute atomic E-state index is 0.919. The van der Waals surface area contributed by atoms with Gasteiger partial charge in [-0.25, -0.2) is 15.0 Å². The minimum atomic E-state index is 0.919. The van der Waals surface area contributed by atoms with Crippen molar-refractivity contribution in [3.05, 3.63) is 200 Å². The highest BCUT2D eigenvalue weighted by atomic mass is 14.8. The van der Waals surface area contributed by atoms with E-state index in [-0.39, 0.29) is 0 Å². The van der Waals surface area contributed by atoms with Crippen molar-refractivity contribution in [3.8, 4) is 44.9 Å². The summed E-state index contributed by atoms with van der Waals surface area (Å²) in [5.74, 6) is 0. The van der Waals surface area contributed by atoms with E-state index in [1.807, 2.05) is 6.07 Å². The molecule has 0 fully saturated rings. The standard InChI is InChI=1S/C55H33N3/c1-2-9-36(10-3-1)49-30-25-38-18-19-39-26-31-50(57-55(39)54(38)56-49)43-24-28-45-42(33-43)21-20-41-32-40(23-27-44(41)45)34-14-16-37(17-15-34)53-48-29-22-35-8-4-5-11-46(35)52(48)47-12-6-7-13-51(47)58-53/h1-33H. The van der Waals surface area contributed by atoms with Crippen molar-refractivity contribution < 1.29 is 0 Å². The first-order valence-corrected chi connectivity index (χ1v) is 19.8. The minimum Gasteiger partial charge on any atom is -0.247 e. The fraction of sp³-hybridized carbons (Fsp3) is 0. The zero-order valence-electron chi connectivity index (χ0n) is 31.4. The zero-order valence-corrected chi connectivity index (χ0v) is 31.4. The predicted molar refractivity (Wildman–Crippen MR) is 244 cm³/mol. The molecule has 268 valence electrons. The van der Waals surface area contributed by atoms with Crippen LogP contribution >= 0.6 is 0 Å². The largest absolute Gasteiger partial charge is 0.247 e. The van der Waals surface area contributed by atoms with Crippen LogP contribution in [0.2, 0.25) is 0 Å². The van der Waals surface area contributed by atoms with E-state index in [1.54, 1.807) is 0 Å². The van der Waals surface area contributed by atoms with Gasteiger partial charge in [0.2, 0.25) is 0 Å². The summed E-state index contributed by atoms with van der Waals surface area (Å²) in [6.45, 7) is 0. The van der Waals surface area contributed by atoms with Crippen LogP contribution in [0.1, 0.15) is 0 Å². The normalized spacial score (nSPS) is 11.8. The molecular weight excluding hydrogens is 703 g/mol. The molecule has 0 amide bonds. The highest BCUT2D eigenvalue weighted by molar-refractivity contribution is 6.22. The number of rotatable bonds is 4. The Labute approximate surface area is 334 Å². The van der Waals surface area contributed by atoms with E-state index in [0.29, 0.717) is 0 Å². The van der Waals surface area contributed by atoms with E-state index in [1.165, 1.54) is 59.6 Å². The maximum absolute atomic E-state index is 5.22. The van der Waals surface area contributed by atoms with Crippen molar-refractivity contribution in [3.63, 3.8) is 0 Å². The number of hydrogen-bond acceptors (Lipinski definition) is 3. The van der Waals surface area contributed by atoms with Crippen LogP contribution in [0.15, 0.2) is 200 Å². The summed E-state index contributed by atoms with van der Waals surface area (Å²) in [7, 11) is 0. The summed E-state index contributed by atoms with van der Waals surface area (Å²) >= 11 is 0. The third-order valence-corrected chi connectivity index (χ3v) is 11.8. The molecular formula is C55H33N3. The lowest BCUT2D eigenvalue weighted by Crippen LogP contribution is -1.91. The Morgan fingerprint density at radius 3 is 1.52 bits per heavy atom. The molecule has 0 radical (unpaired) electrons. The Hall–Kier alpha value is -7.75. The molecule has 12 rings (SSSR count). The Balaban J connectivity index is 0.889. The fourth-order valence-electron chi connectivity index (χ4n) is 8.87. The van der Waals surface area contributed by atoms with Crippen molar-refractivity contribution in [2.24, 2.45) is 0 Å². The van der Waals surface area contributed by atoms with Crippen LogP contribution in [-0.4, -0.2) is 15.0 Å². The highest BCUT2D eigenvalue weighted by Gasteiger charge is 2.14. The molecule has 0 saturated carbocycles. The van der Waals surface area contributed by atoms with Gasteiger partial charge in [0.25, 0.3) is 0 Å². The zero-order chi connectivity index (χ0) is 38.2. The van der Waals surface area contributed by atoms with Gasteiger partial charge in [0.1, 0.15) is 0 Å². The summed E-state index contributed by atoms with van der Waals surface area (Å²) in [6, 6.07) is 71.6. The van der Waals surface area contributed by atoms with Crippen molar-refractivity contribution >= 4 is 75.8 Å². The molecule has 0 aliphatic rings. The predicted octanol–water partition coefficient (Wildman–Crippen LogP) is 14.6. The molecule has 0 N–H and O–H groups in total. The van der Waals surface area contributed by atoms with Gasteiger partial charge in [0, 0.05) is 43.6 Å². The number of aromatic nitrogens is 3. The molecule has 12 aromatic rings. The molecule has 0 aliphatic carbocycles. The molecule has 0 spiro atoms. The Kier molecular flexibility index (Phi) is 7.23. The van der Waals surface area contributed by atoms with Gasteiger partial charge in [-0.05, 0) is 73.8 Å². The summed E-state index contributed by atoms with van der Waals surface area (Å²) < 4.78 is 0. The van der Waals surface area contributed by atoms with Crippen molar-refractivity contribution in [2.75, 3.05) is 0 Å². The van der Waals surface area contributed by atoms with Crippen LogP contribution in [-0.2, 0) is 0 Å². The number of hydrogen-bond donors (Lipinski definition) is 0. The lowest BCUT2D eigenvalue weighted by molar-refractivity contribution is 1.37. The molecule has 3 heteroatoms. The van der Waals surface area contributed by atoms with Crippen LogP contribution in [0.4, 0.5) is 0 Å². The van der Waals surface area contributed by atoms with E-state index >= 15 is 0 Å². The molecule has 3 heterocycles. The molecule has 0 atom stereocenters. The van der Waals surface area contributed by atoms with Crippen LogP contribution in [0, 0.1) is 0 Å². The summed E-state index contributed by atoms with van der Waals surface area (Å²) in [4.78, 5) is 15.5. The highest BCUT2D eigenvalue weighted by Crippen LogP contribution is 2.38. The van der Waals surface area contributed by atoms with Crippen LogP contribution in [0.3, 0.4) is 0 Å². The monoisotopic (exact) mass is 735 g/mol. The molecule has 0 unspecified atom stereocenters. The van der Waals surface area contributed by atoms with Crippen molar-refractivity contribution in [1.29, 1.82) is 0 Å². The van der Waals surface area contributed by atoms with E-state index < -0.39 is 0 Å².